The lowest BCUT2D eigenvalue weighted by atomic mass is 9.86. The van der Waals surface area contributed by atoms with Gasteiger partial charge in [-0.15, -0.1) is 0 Å². The van der Waals surface area contributed by atoms with Gasteiger partial charge in [0.2, 0.25) is 0 Å². The van der Waals surface area contributed by atoms with Crippen molar-refractivity contribution >= 4 is 0 Å². The molecule has 0 unspecified atom stereocenters. The van der Waals surface area contributed by atoms with E-state index in [0.29, 0.717) is 36.7 Å². The highest BCUT2D eigenvalue weighted by atomic mass is 19.4. The van der Waals surface area contributed by atoms with Crippen LogP contribution < -0.4 is 10.5 Å². The average Bonchev–Trinajstić information content (AvgIpc) is 2.94. The third kappa shape index (κ3) is 3.72. The normalized spacial score (nSPS) is 15.3. The first kappa shape index (κ1) is 16.8. The van der Waals surface area contributed by atoms with Crippen LogP contribution in [-0.4, -0.2) is 22.9 Å². The Hall–Kier alpha value is -2.02. The fraction of sp³-hybridized carbons (Fsp3) is 0.471. The first-order chi connectivity index (χ1) is 11.5. The quantitative estimate of drug-likeness (QED) is 0.873. The molecule has 24 heavy (non-hydrogen) atoms. The maximum Gasteiger partial charge on any atom is 0.419 e. The first-order valence-electron chi connectivity index (χ1n) is 8.04. The number of halogens is 3. The zero-order valence-corrected chi connectivity index (χ0v) is 13.2. The summed E-state index contributed by atoms with van der Waals surface area (Å²) in [5.74, 6) is 0.271. The molecule has 130 valence electrons. The van der Waals surface area contributed by atoms with E-state index in [2.05, 4.69) is 5.10 Å². The lowest BCUT2D eigenvalue weighted by Crippen LogP contribution is -2.20. The third-order valence-electron chi connectivity index (χ3n) is 4.31. The van der Waals surface area contributed by atoms with Crippen molar-refractivity contribution in [2.24, 2.45) is 11.7 Å². The highest BCUT2D eigenvalue weighted by Crippen LogP contribution is 2.39. The van der Waals surface area contributed by atoms with E-state index in [9.17, 15) is 13.2 Å². The van der Waals surface area contributed by atoms with Crippen LogP contribution in [0.4, 0.5) is 13.2 Å². The van der Waals surface area contributed by atoms with E-state index in [1.165, 1.54) is 6.07 Å². The summed E-state index contributed by atoms with van der Waals surface area (Å²) in [6.45, 7) is 1.29. The maximum absolute atomic E-state index is 13.4. The van der Waals surface area contributed by atoms with E-state index in [0.717, 1.165) is 25.3 Å². The summed E-state index contributed by atoms with van der Waals surface area (Å²) in [6.07, 6.45) is 1.96. The Labute approximate surface area is 138 Å². The highest BCUT2D eigenvalue weighted by molar-refractivity contribution is 5.64. The first-order valence-corrected chi connectivity index (χ1v) is 8.04. The largest absolute Gasteiger partial charge is 0.493 e. The number of hydrogen-bond acceptors (Lipinski definition) is 3. The number of nitrogens with two attached hydrogens (primary N) is 1. The Morgan fingerprint density at radius 1 is 1.25 bits per heavy atom. The Kier molecular flexibility index (Phi) is 4.80. The molecule has 1 fully saturated rings. The minimum atomic E-state index is -4.46. The van der Waals surface area contributed by atoms with Gasteiger partial charge < -0.3 is 10.5 Å². The van der Waals surface area contributed by atoms with E-state index < -0.39 is 11.7 Å². The lowest BCUT2D eigenvalue weighted by Gasteiger charge is -2.26. The SMILES string of the molecule is NCCn1cc(-c2ccc(OCC3CCC3)c(C(F)(F)F)c2)cn1. The van der Waals surface area contributed by atoms with Gasteiger partial charge in [-0.05, 0) is 36.5 Å². The fourth-order valence-electron chi connectivity index (χ4n) is 2.69. The smallest absolute Gasteiger partial charge is 0.419 e. The van der Waals surface area contributed by atoms with Crippen LogP contribution in [0, 0.1) is 5.92 Å². The van der Waals surface area contributed by atoms with Crippen molar-refractivity contribution in [2.75, 3.05) is 13.2 Å². The Morgan fingerprint density at radius 2 is 2.04 bits per heavy atom. The molecule has 0 radical (unpaired) electrons. The molecule has 4 nitrogen and oxygen atoms in total. The molecule has 1 saturated carbocycles. The number of rotatable bonds is 6. The summed E-state index contributed by atoms with van der Waals surface area (Å²) in [6, 6.07) is 4.16. The van der Waals surface area contributed by atoms with Crippen molar-refractivity contribution < 1.29 is 17.9 Å². The molecule has 0 saturated heterocycles. The molecule has 1 heterocycles. The molecule has 3 rings (SSSR count). The standard InChI is InChI=1S/C17H20F3N3O/c18-17(19,20)15-8-13(14-9-22-23(10-14)7-6-21)4-5-16(15)24-11-12-2-1-3-12/h4-5,8-10,12H,1-3,6-7,11,21H2. The molecule has 0 bridgehead atoms. The van der Waals surface area contributed by atoms with Crippen LogP contribution in [0.25, 0.3) is 11.1 Å². The summed E-state index contributed by atoms with van der Waals surface area (Å²) >= 11 is 0. The zero-order chi connectivity index (χ0) is 17.2. The highest BCUT2D eigenvalue weighted by Gasteiger charge is 2.35. The molecule has 7 heteroatoms. The zero-order valence-electron chi connectivity index (χ0n) is 13.2. The van der Waals surface area contributed by atoms with Gasteiger partial charge in [0.1, 0.15) is 5.75 Å². The number of ether oxygens (including phenoxy) is 1. The van der Waals surface area contributed by atoms with Crippen molar-refractivity contribution in [1.82, 2.24) is 9.78 Å². The summed E-state index contributed by atoms with van der Waals surface area (Å²) in [5.41, 5.74) is 5.80. The molecule has 0 spiro atoms. The number of hydrogen-bond donors (Lipinski definition) is 1. The minimum absolute atomic E-state index is 0.104. The number of aromatic nitrogens is 2. The molecule has 2 N–H and O–H groups in total. The van der Waals surface area contributed by atoms with E-state index in [4.69, 9.17) is 10.5 Å². The van der Waals surface area contributed by atoms with Gasteiger partial charge >= 0.3 is 6.18 Å². The van der Waals surface area contributed by atoms with Gasteiger partial charge in [-0.3, -0.25) is 4.68 Å². The van der Waals surface area contributed by atoms with Crippen LogP contribution in [0.5, 0.6) is 5.75 Å². The molecule has 1 aromatic heterocycles. The lowest BCUT2D eigenvalue weighted by molar-refractivity contribution is -0.139. The van der Waals surface area contributed by atoms with E-state index in [1.807, 2.05) is 0 Å². The van der Waals surface area contributed by atoms with Crippen molar-refractivity contribution in [1.29, 1.82) is 0 Å². The van der Waals surface area contributed by atoms with Gasteiger partial charge in [0.15, 0.2) is 0 Å². The predicted molar refractivity (Wildman–Crippen MR) is 84.6 cm³/mol. The van der Waals surface area contributed by atoms with Gasteiger partial charge in [-0.1, -0.05) is 12.5 Å². The molecule has 0 atom stereocenters. The van der Waals surface area contributed by atoms with Crippen molar-refractivity contribution in [2.45, 2.75) is 32.0 Å². The molecule has 1 aliphatic carbocycles. The molecular formula is C17H20F3N3O. The van der Waals surface area contributed by atoms with Crippen LogP contribution in [0.1, 0.15) is 24.8 Å². The maximum atomic E-state index is 13.4. The molecular weight excluding hydrogens is 319 g/mol. The topological polar surface area (TPSA) is 53.1 Å². The second-order valence-corrected chi connectivity index (χ2v) is 6.10. The summed E-state index contributed by atoms with van der Waals surface area (Å²) in [5, 5.41) is 4.10. The number of benzene rings is 1. The van der Waals surface area contributed by atoms with Crippen molar-refractivity contribution in [3.8, 4) is 16.9 Å². The van der Waals surface area contributed by atoms with Gasteiger partial charge in [-0.2, -0.15) is 18.3 Å². The average molecular weight is 339 g/mol. The molecule has 1 aromatic carbocycles. The van der Waals surface area contributed by atoms with Crippen LogP contribution >= 0.6 is 0 Å². The molecule has 2 aromatic rings. The van der Waals surface area contributed by atoms with Crippen molar-refractivity contribution in [3.63, 3.8) is 0 Å². The molecule has 0 amide bonds. The van der Waals surface area contributed by atoms with Crippen LogP contribution in [0.15, 0.2) is 30.6 Å². The number of alkyl halides is 3. The van der Waals surface area contributed by atoms with Crippen LogP contribution in [0.2, 0.25) is 0 Å². The van der Waals surface area contributed by atoms with Gasteiger partial charge in [0.05, 0.1) is 24.9 Å². The number of nitrogens with zero attached hydrogens (tertiary/aromatic N) is 2. The van der Waals surface area contributed by atoms with Crippen LogP contribution in [-0.2, 0) is 12.7 Å². The summed E-state index contributed by atoms with van der Waals surface area (Å²) in [7, 11) is 0. The molecule has 1 aliphatic rings. The predicted octanol–water partition coefficient (Wildman–Crippen LogP) is 3.71. The van der Waals surface area contributed by atoms with Crippen LogP contribution in [0.3, 0.4) is 0 Å². The Balaban J connectivity index is 1.85. The summed E-state index contributed by atoms with van der Waals surface area (Å²) < 4.78 is 47.2. The third-order valence-corrected chi connectivity index (χ3v) is 4.31. The Bertz CT molecular complexity index is 693. The van der Waals surface area contributed by atoms with Gasteiger partial charge in [-0.25, -0.2) is 0 Å². The van der Waals surface area contributed by atoms with Gasteiger partial charge in [0, 0.05) is 18.3 Å². The van der Waals surface area contributed by atoms with E-state index >= 15 is 0 Å². The van der Waals surface area contributed by atoms with E-state index in [-0.39, 0.29) is 5.75 Å². The Morgan fingerprint density at radius 3 is 2.67 bits per heavy atom. The van der Waals surface area contributed by atoms with Gasteiger partial charge in [0.25, 0.3) is 0 Å². The van der Waals surface area contributed by atoms with Crippen molar-refractivity contribution in [3.05, 3.63) is 36.2 Å². The summed E-state index contributed by atoms with van der Waals surface area (Å²) in [4.78, 5) is 0. The molecule has 0 aliphatic heterocycles. The second-order valence-electron chi connectivity index (χ2n) is 6.10. The monoisotopic (exact) mass is 339 g/mol. The second kappa shape index (κ2) is 6.84. The fourth-order valence-corrected chi connectivity index (χ4v) is 2.69. The minimum Gasteiger partial charge on any atom is -0.493 e. The van der Waals surface area contributed by atoms with E-state index in [1.54, 1.807) is 23.1 Å².